The highest BCUT2D eigenvalue weighted by atomic mass is 32.2. The van der Waals surface area contributed by atoms with Gasteiger partial charge in [-0.2, -0.15) is 5.10 Å². The van der Waals surface area contributed by atoms with E-state index in [2.05, 4.69) is 20.2 Å². The first-order valence-electron chi connectivity index (χ1n) is 7.22. The van der Waals surface area contributed by atoms with E-state index in [0.29, 0.717) is 18.7 Å². The van der Waals surface area contributed by atoms with E-state index in [1.807, 2.05) is 20.8 Å². The number of aromatic amines is 1. The van der Waals surface area contributed by atoms with Crippen LogP contribution in [0.1, 0.15) is 39.2 Å². The number of sulfonamides is 1. The summed E-state index contributed by atoms with van der Waals surface area (Å²) in [7, 11) is -3.61. The summed E-state index contributed by atoms with van der Waals surface area (Å²) in [6, 6.07) is 0.272. The molecule has 1 aliphatic rings. The summed E-state index contributed by atoms with van der Waals surface area (Å²) in [5.41, 5.74) is 0.220. The normalized spacial score (nSPS) is 23.0. The van der Waals surface area contributed by atoms with E-state index in [0.717, 1.165) is 12.8 Å². The molecule has 0 bridgehead atoms. The van der Waals surface area contributed by atoms with Crippen LogP contribution in [0.15, 0.2) is 11.2 Å². The second-order valence-electron chi connectivity index (χ2n) is 5.99. The molecule has 120 valence electrons. The van der Waals surface area contributed by atoms with Crippen molar-refractivity contribution in [2.45, 2.75) is 56.8 Å². The molecule has 0 aliphatic carbocycles. The lowest BCUT2D eigenvalue weighted by molar-refractivity contribution is 0.0250. The lowest BCUT2D eigenvalue weighted by Gasteiger charge is -2.23. The second kappa shape index (κ2) is 6.43. The van der Waals surface area contributed by atoms with E-state index in [1.54, 1.807) is 0 Å². The van der Waals surface area contributed by atoms with Gasteiger partial charge in [0.15, 0.2) is 5.03 Å². The van der Waals surface area contributed by atoms with E-state index in [4.69, 9.17) is 4.74 Å². The van der Waals surface area contributed by atoms with Crippen molar-refractivity contribution in [1.29, 1.82) is 0 Å². The van der Waals surface area contributed by atoms with Gasteiger partial charge >= 0.3 is 0 Å². The SMILES string of the molecule is CC(C)NCc1cn[nH]c1S(=O)(=O)NCC1(C)CCCO1. The number of ether oxygens (including phenoxy) is 1. The highest BCUT2D eigenvalue weighted by molar-refractivity contribution is 7.89. The van der Waals surface area contributed by atoms with Gasteiger partial charge in [-0.15, -0.1) is 0 Å². The predicted molar refractivity (Wildman–Crippen MR) is 79.3 cm³/mol. The van der Waals surface area contributed by atoms with Crippen LogP contribution in [0.4, 0.5) is 0 Å². The standard InChI is InChI=1S/C13H24N4O3S/c1-10(2)14-7-11-8-15-17-12(11)21(18,19)16-9-13(3)5-4-6-20-13/h8,10,14,16H,4-7,9H2,1-3H3,(H,15,17). The molecule has 0 aromatic carbocycles. The van der Waals surface area contributed by atoms with Crippen molar-refractivity contribution in [2.24, 2.45) is 0 Å². The number of nitrogens with zero attached hydrogens (tertiary/aromatic N) is 1. The summed E-state index contributed by atoms with van der Waals surface area (Å²) >= 11 is 0. The van der Waals surface area contributed by atoms with Gasteiger partial charge in [0.2, 0.25) is 0 Å². The lowest BCUT2D eigenvalue weighted by Crippen LogP contribution is -2.40. The minimum atomic E-state index is -3.61. The van der Waals surface area contributed by atoms with Crippen molar-refractivity contribution in [3.05, 3.63) is 11.8 Å². The fourth-order valence-electron chi connectivity index (χ4n) is 2.27. The second-order valence-corrected chi connectivity index (χ2v) is 7.69. The molecular formula is C13H24N4O3S. The Hall–Kier alpha value is -0.960. The zero-order valence-electron chi connectivity index (χ0n) is 12.8. The van der Waals surface area contributed by atoms with Gasteiger partial charge in [0.25, 0.3) is 10.0 Å². The van der Waals surface area contributed by atoms with Gasteiger partial charge < -0.3 is 10.1 Å². The molecule has 2 heterocycles. The Balaban J connectivity index is 2.04. The van der Waals surface area contributed by atoms with E-state index in [-0.39, 0.29) is 17.6 Å². The maximum absolute atomic E-state index is 12.4. The van der Waals surface area contributed by atoms with Crippen LogP contribution in [-0.4, -0.2) is 43.4 Å². The van der Waals surface area contributed by atoms with Crippen LogP contribution in [-0.2, 0) is 21.3 Å². The first-order valence-corrected chi connectivity index (χ1v) is 8.70. The largest absolute Gasteiger partial charge is 0.374 e. The van der Waals surface area contributed by atoms with Crippen LogP contribution in [0.3, 0.4) is 0 Å². The maximum Gasteiger partial charge on any atom is 0.257 e. The van der Waals surface area contributed by atoms with Crippen LogP contribution in [0.5, 0.6) is 0 Å². The third-order valence-electron chi connectivity index (χ3n) is 3.58. The van der Waals surface area contributed by atoms with E-state index < -0.39 is 15.6 Å². The molecule has 0 amide bonds. The van der Waals surface area contributed by atoms with E-state index in [9.17, 15) is 8.42 Å². The number of H-pyrrole nitrogens is 1. The molecule has 1 aliphatic heterocycles. The fraction of sp³-hybridized carbons (Fsp3) is 0.769. The molecule has 0 spiro atoms. The molecule has 7 nitrogen and oxygen atoms in total. The summed E-state index contributed by atoms with van der Waals surface area (Å²) in [6.07, 6.45) is 3.36. The van der Waals surface area contributed by atoms with Gasteiger partial charge in [-0.1, -0.05) is 13.8 Å². The Bertz CT molecular complexity index is 562. The third kappa shape index (κ3) is 4.26. The summed E-state index contributed by atoms with van der Waals surface area (Å²) in [4.78, 5) is 0. The lowest BCUT2D eigenvalue weighted by atomic mass is 10.0. The number of hydrogen-bond donors (Lipinski definition) is 3. The highest BCUT2D eigenvalue weighted by Gasteiger charge is 2.32. The molecular weight excluding hydrogens is 292 g/mol. The number of rotatable bonds is 7. The van der Waals surface area contributed by atoms with Crippen molar-refractivity contribution in [2.75, 3.05) is 13.2 Å². The molecule has 8 heteroatoms. The molecule has 3 N–H and O–H groups in total. The minimum absolute atomic E-state index is 0.122. The van der Waals surface area contributed by atoms with Crippen molar-refractivity contribution in [1.82, 2.24) is 20.2 Å². The van der Waals surface area contributed by atoms with Crippen LogP contribution < -0.4 is 10.0 Å². The molecule has 0 saturated carbocycles. The molecule has 0 radical (unpaired) electrons. The highest BCUT2D eigenvalue weighted by Crippen LogP contribution is 2.24. The number of nitrogens with one attached hydrogen (secondary N) is 3. The Morgan fingerprint density at radius 2 is 2.29 bits per heavy atom. The Kier molecular flexibility index (Phi) is 5.03. The van der Waals surface area contributed by atoms with Gasteiger partial charge in [0.1, 0.15) is 0 Å². The monoisotopic (exact) mass is 316 g/mol. The average Bonchev–Trinajstić information content (AvgIpc) is 3.04. The summed E-state index contributed by atoms with van der Waals surface area (Å²) in [5, 5.41) is 9.74. The van der Waals surface area contributed by atoms with Crippen LogP contribution in [0, 0.1) is 0 Å². The zero-order chi connectivity index (χ0) is 15.5. The predicted octanol–water partition coefficient (Wildman–Crippen LogP) is 0.755. The smallest absolute Gasteiger partial charge is 0.257 e. The van der Waals surface area contributed by atoms with Crippen molar-refractivity contribution >= 4 is 10.0 Å². The first kappa shape index (κ1) is 16.4. The molecule has 1 aromatic rings. The van der Waals surface area contributed by atoms with Crippen LogP contribution >= 0.6 is 0 Å². The number of aromatic nitrogens is 2. The van der Waals surface area contributed by atoms with Gasteiger partial charge in [0.05, 0.1) is 11.8 Å². The van der Waals surface area contributed by atoms with Gasteiger partial charge in [0, 0.05) is 31.3 Å². The Morgan fingerprint density at radius 3 is 2.90 bits per heavy atom. The molecule has 1 fully saturated rings. The molecule has 1 atom stereocenters. The summed E-state index contributed by atoms with van der Waals surface area (Å²) in [5.74, 6) is 0. The van der Waals surface area contributed by atoms with Crippen molar-refractivity contribution in [3.63, 3.8) is 0 Å². The molecule has 2 rings (SSSR count). The number of hydrogen-bond acceptors (Lipinski definition) is 5. The van der Waals surface area contributed by atoms with Crippen molar-refractivity contribution in [3.8, 4) is 0 Å². The van der Waals surface area contributed by atoms with E-state index >= 15 is 0 Å². The van der Waals surface area contributed by atoms with Crippen LogP contribution in [0.25, 0.3) is 0 Å². The van der Waals surface area contributed by atoms with Gasteiger partial charge in [-0.25, -0.2) is 13.1 Å². The van der Waals surface area contributed by atoms with E-state index in [1.165, 1.54) is 6.20 Å². The Labute approximate surface area is 125 Å². The van der Waals surface area contributed by atoms with Gasteiger partial charge in [-0.05, 0) is 19.8 Å². The van der Waals surface area contributed by atoms with Crippen LogP contribution in [0.2, 0.25) is 0 Å². The fourth-order valence-corrected chi connectivity index (χ4v) is 3.55. The first-order chi connectivity index (χ1) is 9.82. The molecule has 21 heavy (non-hydrogen) atoms. The molecule has 1 saturated heterocycles. The van der Waals surface area contributed by atoms with Crippen molar-refractivity contribution < 1.29 is 13.2 Å². The zero-order valence-corrected chi connectivity index (χ0v) is 13.6. The maximum atomic E-state index is 12.4. The molecule has 1 unspecified atom stereocenters. The topological polar surface area (TPSA) is 96.1 Å². The quantitative estimate of drug-likeness (QED) is 0.690. The molecule has 1 aromatic heterocycles. The summed E-state index contributed by atoms with van der Waals surface area (Å²) < 4.78 is 33.0. The minimum Gasteiger partial charge on any atom is -0.374 e. The van der Waals surface area contributed by atoms with Gasteiger partial charge in [-0.3, -0.25) is 5.10 Å². The Morgan fingerprint density at radius 1 is 1.52 bits per heavy atom. The third-order valence-corrected chi connectivity index (χ3v) is 5.00. The average molecular weight is 316 g/mol. The summed E-state index contributed by atoms with van der Waals surface area (Å²) in [6.45, 7) is 7.35.